The van der Waals surface area contributed by atoms with E-state index in [1.807, 2.05) is 0 Å². The summed E-state index contributed by atoms with van der Waals surface area (Å²) >= 11 is 0. The van der Waals surface area contributed by atoms with Gasteiger partial charge in [-0.15, -0.1) is 0 Å². The first-order valence-corrected chi connectivity index (χ1v) is 6.39. The second-order valence-electron chi connectivity index (χ2n) is 5.07. The van der Waals surface area contributed by atoms with Crippen molar-refractivity contribution >= 4 is 0 Å². The van der Waals surface area contributed by atoms with Gasteiger partial charge in [0.15, 0.2) is 0 Å². The Hall–Kier alpha value is -0.120. The molecule has 0 aromatic rings. The van der Waals surface area contributed by atoms with E-state index < -0.39 is 0 Å². The van der Waals surface area contributed by atoms with Crippen molar-refractivity contribution in [3.8, 4) is 0 Å². The third-order valence-corrected chi connectivity index (χ3v) is 3.58. The minimum absolute atomic E-state index is 0.640. The van der Waals surface area contributed by atoms with E-state index in [-0.39, 0.29) is 0 Å². The molecule has 2 saturated heterocycles. The van der Waals surface area contributed by atoms with Crippen LogP contribution in [0.3, 0.4) is 0 Å². The molecule has 0 bridgehead atoms. The molecule has 0 aliphatic carbocycles. The van der Waals surface area contributed by atoms with Crippen LogP contribution < -0.4 is 10.6 Å². The highest BCUT2D eigenvalue weighted by molar-refractivity contribution is 4.79. The summed E-state index contributed by atoms with van der Waals surface area (Å²) in [7, 11) is 0. The largest absolute Gasteiger partial charge is 0.381 e. The molecule has 88 valence electrons. The predicted molar refractivity (Wildman–Crippen MR) is 62.0 cm³/mol. The van der Waals surface area contributed by atoms with E-state index in [0.29, 0.717) is 6.04 Å². The molecule has 3 nitrogen and oxygen atoms in total. The fraction of sp³-hybridized carbons (Fsp3) is 1.00. The molecule has 0 aromatic carbocycles. The molecular weight excluding hydrogens is 188 g/mol. The summed E-state index contributed by atoms with van der Waals surface area (Å²) in [6.07, 6.45) is 5.22. The van der Waals surface area contributed by atoms with Crippen LogP contribution >= 0.6 is 0 Å². The van der Waals surface area contributed by atoms with Gasteiger partial charge in [-0.2, -0.15) is 0 Å². The molecule has 2 aliphatic heterocycles. The standard InChI is InChI=1S/C12H24N2O/c1-10(7-12-3-2-5-13-12)14-8-11-4-6-15-9-11/h10-14H,2-9H2,1H3. The van der Waals surface area contributed by atoms with E-state index in [0.717, 1.165) is 31.7 Å². The van der Waals surface area contributed by atoms with E-state index in [4.69, 9.17) is 4.74 Å². The molecule has 2 rings (SSSR count). The Morgan fingerprint density at radius 2 is 2.40 bits per heavy atom. The Bertz CT molecular complexity index is 174. The van der Waals surface area contributed by atoms with Gasteiger partial charge in [0.2, 0.25) is 0 Å². The molecule has 0 spiro atoms. The maximum Gasteiger partial charge on any atom is 0.0507 e. The molecule has 0 saturated carbocycles. The van der Waals surface area contributed by atoms with Crippen LogP contribution in [0, 0.1) is 5.92 Å². The smallest absolute Gasteiger partial charge is 0.0507 e. The van der Waals surface area contributed by atoms with Gasteiger partial charge < -0.3 is 15.4 Å². The Morgan fingerprint density at radius 3 is 3.07 bits per heavy atom. The molecule has 0 aromatic heterocycles. The summed E-state index contributed by atoms with van der Waals surface area (Å²) in [6, 6.07) is 1.40. The van der Waals surface area contributed by atoms with E-state index in [1.54, 1.807) is 0 Å². The molecule has 0 amide bonds. The van der Waals surface area contributed by atoms with Gasteiger partial charge in [0.1, 0.15) is 0 Å². The summed E-state index contributed by atoms with van der Waals surface area (Å²) in [5.74, 6) is 0.754. The fourth-order valence-corrected chi connectivity index (χ4v) is 2.58. The molecule has 3 heteroatoms. The van der Waals surface area contributed by atoms with Crippen molar-refractivity contribution in [3.63, 3.8) is 0 Å². The van der Waals surface area contributed by atoms with Gasteiger partial charge in [0, 0.05) is 25.2 Å². The lowest BCUT2D eigenvalue weighted by molar-refractivity contribution is 0.184. The van der Waals surface area contributed by atoms with Gasteiger partial charge in [0.05, 0.1) is 6.61 Å². The van der Waals surface area contributed by atoms with Crippen LogP contribution in [0.1, 0.15) is 32.6 Å². The Balaban J connectivity index is 1.57. The zero-order valence-corrected chi connectivity index (χ0v) is 9.80. The van der Waals surface area contributed by atoms with E-state index in [2.05, 4.69) is 17.6 Å². The van der Waals surface area contributed by atoms with Crippen LogP contribution in [-0.4, -0.2) is 38.4 Å². The molecule has 2 aliphatic rings. The maximum atomic E-state index is 5.37. The Kier molecular flexibility index (Phi) is 4.42. The maximum absolute atomic E-state index is 5.37. The molecule has 3 unspecified atom stereocenters. The molecule has 3 atom stereocenters. The molecule has 0 radical (unpaired) electrons. The zero-order valence-electron chi connectivity index (χ0n) is 9.80. The summed E-state index contributed by atoms with van der Waals surface area (Å²) in [5.41, 5.74) is 0. The minimum Gasteiger partial charge on any atom is -0.381 e. The monoisotopic (exact) mass is 212 g/mol. The van der Waals surface area contributed by atoms with Crippen molar-refractivity contribution in [2.45, 2.75) is 44.7 Å². The highest BCUT2D eigenvalue weighted by Gasteiger charge is 2.19. The van der Waals surface area contributed by atoms with Gasteiger partial charge >= 0.3 is 0 Å². The highest BCUT2D eigenvalue weighted by atomic mass is 16.5. The predicted octanol–water partition coefficient (Wildman–Crippen LogP) is 1.14. The average Bonchev–Trinajstić information content (AvgIpc) is 2.86. The van der Waals surface area contributed by atoms with E-state index >= 15 is 0 Å². The molecular formula is C12H24N2O. The number of nitrogens with one attached hydrogen (secondary N) is 2. The van der Waals surface area contributed by atoms with Gasteiger partial charge in [-0.3, -0.25) is 0 Å². The number of ether oxygens (including phenoxy) is 1. The normalized spacial score (nSPS) is 33.4. The van der Waals surface area contributed by atoms with Crippen LogP contribution in [-0.2, 0) is 4.74 Å². The van der Waals surface area contributed by atoms with Crippen LogP contribution in [0.5, 0.6) is 0 Å². The second kappa shape index (κ2) is 5.83. The van der Waals surface area contributed by atoms with Crippen molar-refractivity contribution in [3.05, 3.63) is 0 Å². The van der Waals surface area contributed by atoms with E-state index in [9.17, 15) is 0 Å². The lowest BCUT2D eigenvalue weighted by atomic mass is 10.1. The van der Waals surface area contributed by atoms with Crippen molar-refractivity contribution in [1.29, 1.82) is 0 Å². The summed E-state index contributed by atoms with van der Waals surface area (Å²) in [5, 5.41) is 7.18. The van der Waals surface area contributed by atoms with Gasteiger partial charge in [-0.25, -0.2) is 0 Å². The minimum atomic E-state index is 0.640. The van der Waals surface area contributed by atoms with Crippen LogP contribution in [0.4, 0.5) is 0 Å². The summed E-state index contributed by atoms with van der Waals surface area (Å²) in [6.45, 7) is 6.57. The van der Waals surface area contributed by atoms with Crippen molar-refractivity contribution in [2.75, 3.05) is 26.3 Å². The zero-order chi connectivity index (χ0) is 10.5. The summed E-state index contributed by atoms with van der Waals surface area (Å²) in [4.78, 5) is 0. The Morgan fingerprint density at radius 1 is 1.47 bits per heavy atom. The Labute approximate surface area is 93.0 Å². The molecule has 2 fully saturated rings. The van der Waals surface area contributed by atoms with Crippen molar-refractivity contribution < 1.29 is 4.74 Å². The van der Waals surface area contributed by atoms with Gasteiger partial charge in [-0.05, 0) is 45.1 Å². The van der Waals surface area contributed by atoms with Crippen LogP contribution in [0.15, 0.2) is 0 Å². The van der Waals surface area contributed by atoms with Crippen LogP contribution in [0.25, 0.3) is 0 Å². The van der Waals surface area contributed by atoms with Gasteiger partial charge in [-0.1, -0.05) is 0 Å². The van der Waals surface area contributed by atoms with Crippen molar-refractivity contribution in [2.24, 2.45) is 5.92 Å². The number of rotatable bonds is 5. The van der Waals surface area contributed by atoms with Gasteiger partial charge in [0.25, 0.3) is 0 Å². The fourth-order valence-electron chi connectivity index (χ4n) is 2.58. The lowest BCUT2D eigenvalue weighted by Crippen LogP contribution is -2.36. The SMILES string of the molecule is CC(CC1CCCN1)NCC1CCOC1. The third-order valence-electron chi connectivity index (χ3n) is 3.58. The molecule has 15 heavy (non-hydrogen) atoms. The highest BCUT2D eigenvalue weighted by Crippen LogP contribution is 2.13. The average molecular weight is 212 g/mol. The quantitative estimate of drug-likeness (QED) is 0.717. The van der Waals surface area contributed by atoms with Crippen LogP contribution in [0.2, 0.25) is 0 Å². The lowest BCUT2D eigenvalue weighted by Gasteiger charge is -2.19. The topological polar surface area (TPSA) is 33.3 Å². The van der Waals surface area contributed by atoms with E-state index in [1.165, 1.54) is 32.2 Å². The first-order chi connectivity index (χ1) is 7.34. The molecule has 2 heterocycles. The van der Waals surface area contributed by atoms with Crippen molar-refractivity contribution in [1.82, 2.24) is 10.6 Å². The number of hydrogen-bond donors (Lipinski definition) is 2. The summed E-state index contributed by atoms with van der Waals surface area (Å²) < 4.78 is 5.37. The first-order valence-electron chi connectivity index (χ1n) is 6.39. The third kappa shape index (κ3) is 3.74. The first kappa shape index (κ1) is 11.4. The second-order valence-corrected chi connectivity index (χ2v) is 5.07. The number of hydrogen-bond acceptors (Lipinski definition) is 3. The molecule has 2 N–H and O–H groups in total.